The normalized spacial score (nSPS) is 12.0. The van der Waals surface area contributed by atoms with Crippen LogP contribution in [0.15, 0.2) is 47.4 Å². The Hall–Kier alpha value is -2.90. The summed E-state index contributed by atoms with van der Waals surface area (Å²) >= 11 is 7.19. The topological polar surface area (TPSA) is 63.8 Å². The van der Waals surface area contributed by atoms with E-state index in [9.17, 15) is 14.3 Å². The van der Waals surface area contributed by atoms with Crippen molar-refractivity contribution in [2.75, 3.05) is 7.11 Å². The number of aromatic hydroxyl groups is 1. The van der Waals surface area contributed by atoms with Crippen LogP contribution >= 0.6 is 22.9 Å². The number of imidazole rings is 1. The predicted octanol–water partition coefficient (Wildman–Crippen LogP) is 3.48. The van der Waals surface area contributed by atoms with Crippen molar-refractivity contribution in [3.8, 4) is 22.8 Å². The second-order valence-corrected chi connectivity index (χ2v) is 7.20. The zero-order valence-corrected chi connectivity index (χ0v) is 15.5. The minimum absolute atomic E-state index is 0.00160. The molecule has 0 saturated carbocycles. The molecule has 2 aromatic carbocycles. The first-order chi connectivity index (χ1) is 13.0. The molecule has 0 aliphatic rings. The highest BCUT2D eigenvalue weighted by Crippen LogP contribution is 2.30. The molecule has 0 aliphatic carbocycles. The molecule has 0 aliphatic heterocycles. The first-order valence-corrected chi connectivity index (χ1v) is 9.02. The standard InChI is InChI=1S/C19H12ClFN2O3S/c1-26-15-6-10(5-13(21)17(15)24)7-16-18(25)23-9-14(22-19(23)27-16)11-3-2-4-12(20)8-11/h2-9,24H,1H3. The van der Waals surface area contributed by atoms with Gasteiger partial charge < -0.3 is 9.84 Å². The monoisotopic (exact) mass is 402 g/mol. The molecule has 136 valence electrons. The molecule has 2 aromatic heterocycles. The van der Waals surface area contributed by atoms with E-state index in [0.29, 0.717) is 25.8 Å². The zero-order valence-electron chi connectivity index (χ0n) is 13.9. The Balaban J connectivity index is 1.82. The van der Waals surface area contributed by atoms with Crippen molar-refractivity contribution in [1.82, 2.24) is 9.38 Å². The number of halogens is 2. The quantitative estimate of drug-likeness (QED) is 0.570. The molecular formula is C19H12ClFN2O3S. The van der Waals surface area contributed by atoms with Crippen LogP contribution in [0.2, 0.25) is 5.02 Å². The average molecular weight is 403 g/mol. The lowest BCUT2D eigenvalue weighted by molar-refractivity contribution is 0.357. The Morgan fingerprint density at radius 1 is 1.33 bits per heavy atom. The predicted molar refractivity (Wildman–Crippen MR) is 103 cm³/mol. The van der Waals surface area contributed by atoms with Gasteiger partial charge in [0, 0.05) is 16.8 Å². The molecular weight excluding hydrogens is 391 g/mol. The molecule has 0 saturated heterocycles. The molecule has 2 heterocycles. The summed E-state index contributed by atoms with van der Waals surface area (Å²) in [4.78, 5) is 17.6. The number of ether oxygens (including phenoxy) is 1. The van der Waals surface area contributed by atoms with E-state index in [4.69, 9.17) is 16.3 Å². The molecule has 8 heteroatoms. The Morgan fingerprint density at radius 2 is 2.15 bits per heavy atom. The fourth-order valence-corrected chi connectivity index (χ4v) is 3.85. The smallest absolute Gasteiger partial charge is 0.274 e. The minimum atomic E-state index is -0.822. The van der Waals surface area contributed by atoms with Gasteiger partial charge in [-0.15, -0.1) is 0 Å². The molecule has 0 fully saturated rings. The third-order valence-electron chi connectivity index (χ3n) is 3.99. The summed E-state index contributed by atoms with van der Waals surface area (Å²) in [5.41, 5.74) is 1.60. The molecule has 4 rings (SSSR count). The van der Waals surface area contributed by atoms with Crippen molar-refractivity contribution >= 4 is 34.0 Å². The van der Waals surface area contributed by atoms with Crippen molar-refractivity contribution in [2.45, 2.75) is 0 Å². The highest BCUT2D eigenvalue weighted by molar-refractivity contribution is 7.15. The number of phenolic OH excluding ortho intramolecular Hbond substituents is 1. The molecule has 0 amide bonds. The lowest BCUT2D eigenvalue weighted by Gasteiger charge is -2.04. The largest absolute Gasteiger partial charge is 0.502 e. The van der Waals surface area contributed by atoms with E-state index < -0.39 is 11.6 Å². The molecule has 0 unspecified atom stereocenters. The molecule has 0 spiro atoms. The number of fused-ring (bicyclic) bond motifs is 1. The number of aromatic nitrogens is 2. The number of methoxy groups -OCH3 is 1. The third kappa shape index (κ3) is 3.15. The molecule has 5 nitrogen and oxygen atoms in total. The van der Waals surface area contributed by atoms with Gasteiger partial charge in [0.2, 0.25) is 0 Å². The summed E-state index contributed by atoms with van der Waals surface area (Å²) in [6.07, 6.45) is 3.18. The highest BCUT2D eigenvalue weighted by Gasteiger charge is 2.12. The van der Waals surface area contributed by atoms with Crippen LogP contribution in [-0.4, -0.2) is 21.6 Å². The molecule has 0 bridgehead atoms. The van der Waals surface area contributed by atoms with E-state index in [0.717, 1.165) is 11.6 Å². The number of nitrogens with zero attached hydrogens (tertiary/aromatic N) is 2. The minimum Gasteiger partial charge on any atom is -0.502 e. The van der Waals surface area contributed by atoms with Gasteiger partial charge in [-0.1, -0.05) is 35.1 Å². The zero-order chi connectivity index (χ0) is 19.1. The molecule has 0 radical (unpaired) electrons. The van der Waals surface area contributed by atoms with E-state index in [1.807, 2.05) is 12.1 Å². The summed E-state index contributed by atoms with van der Waals surface area (Å²) < 4.78 is 20.6. The van der Waals surface area contributed by atoms with Crippen molar-refractivity contribution in [3.63, 3.8) is 0 Å². The number of hydrogen-bond acceptors (Lipinski definition) is 5. The Labute approximate surface area is 161 Å². The maximum atomic E-state index is 13.8. The van der Waals surface area contributed by atoms with Crippen molar-refractivity contribution in [2.24, 2.45) is 0 Å². The van der Waals surface area contributed by atoms with Gasteiger partial charge in [0.1, 0.15) is 0 Å². The molecule has 0 atom stereocenters. The van der Waals surface area contributed by atoms with Crippen LogP contribution < -0.4 is 14.8 Å². The Bertz CT molecular complexity index is 1280. The van der Waals surface area contributed by atoms with E-state index in [-0.39, 0.29) is 11.3 Å². The number of benzene rings is 2. The van der Waals surface area contributed by atoms with Crippen LogP contribution in [0.5, 0.6) is 11.5 Å². The maximum Gasteiger partial charge on any atom is 0.274 e. The van der Waals surface area contributed by atoms with Gasteiger partial charge in [-0.25, -0.2) is 9.37 Å². The summed E-state index contributed by atoms with van der Waals surface area (Å²) in [5.74, 6) is -1.39. The van der Waals surface area contributed by atoms with E-state index >= 15 is 0 Å². The summed E-state index contributed by atoms with van der Waals surface area (Å²) in [6, 6.07) is 9.81. The van der Waals surface area contributed by atoms with Crippen molar-refractivity contribution < 1.29 is 14.2 Å². The molecule has 27 heavy (non-hydrogen) atoms. The van der Waals surface area contributed by atoms with Crippen LogP contribution in [0.3, 0.4) is 0 Å². The second-order valence-electron chi connectivity index (χ2n) is 5.76. The second kappa shape index (κ2) is 6.68. The van der Waals surface area contributed by atoms with E-state index in [1.165, 1.54) is 35.0 Å². The first kappa shape index (κ1) is 17.5. The van der Waals surface area contributed by atoms with Crippen LogP contribution in [-0.2, 0) is 0 Å². The first-order valence-electron chi connectivity index (χ1n) is 7.82. The van der Waals surface area contributed by atoms with Gasteiger partial charge in [-0.2, -0.15) is 0 Å². The number of hydrogen-bond donors (Lipinski definition) is 1. The third-order valence-corrected chi connectivity index (χ3v) is 5.21. The lowest BCUT2D eigenvalue weighted by Crippen LogP contribution is -2.22. The molecule has 1 N–H and O–H groups in total. The Kier molecular flexibility index (Phi) is 4.33. The van der Waals surface area contributed by atoms with E-state index in [1.54, 1.807) is 18.3 Å². The van der Waals surface area contributed by atoms with Gasteiger partial charge in [0.15, 0.2) is 22.3 Å². The molecule has 4 aromatic rings. The lowest BCUT2D eigenvalue weighted by atomic mass is 10.2. The van der Waals surface area contributed by atoms with Crippen molar-refractivity contribution in [3.05, 3.63) is 73.9 Å². The van der Waals surface area contributed by atoms with Gasteiger partial charge in [0.05, 0.1) is 17.3 Å². The van der Waals surface area contributed by atoms with Crippen LogP contribution in [0.4, 0.5) is 4.39 Å². The van der Waals surface area contributed by atoms with Crippen LogP contribution in [0.1, 0.15) is 5.56 Å². The fourth-order valence-electron chi connectivity index (χ4n) is 2.70. The fraction of sp³-hybridized carbons (Fsp3) is 0.0526. The van der Waals surface area contributed by atoms with Crippen LogP contribution in [0, 0.1) is 5.82 Å². The van der Waals surface area contributed by atoms with Gasteiger partial charge in [-0.05, 0) is 35.9 Å². The highest BCUT2D eigenvalue weighted by atomic mass is 35.5. The summed E-state index contributed by atoms with van der Waals surface area (Å²) in [5, 5.41) is 10.2. The summed E-state index contributed by atoms with van der Waals surface area (Å²) in [7, 11) is 1.33. The Morgan fingerprint density at radius 3 is 2.85 bits per heavy atom. The number of thiazole rings is 1. The van der Waals surface area contributed by atoms with E-state index in [2.05, 4.69) is 4.98 Å². The SMILES string of the molecule is COc1cc(C=c2sc3nc(-c4cccc(Cl)c4)cn3c2=O)cc(F)c1O. The maximum absolute atomic E-state index is 13.8. The van der Waals surface area contributed by atoms with Gasteiger partial charge >= 0.3 is 0 Å². The number of phenols is 1. The number of rotatable bonds is 3. The average Bonchev–Trinajstić information content (AvgIpc) is 3.18. The van der Waals surface area contributed by atoms with Crippen LogP contribution in [0.25, 0.3) is 22.3 Å². The van der Waals surface area contributed by atoms with Crippen molar-refractivity contribution in [1.29, 1.82) is 0 Å². The summed E-state index contributed by atoms with van der Waals surface area (Å²) in [6.45, 7) is 0. The van der Waals surface area contributed by atoms with Gasteiger partial charge in [0.25, 0.3) is 5.56 Å². The van der Waals surface area contributed by atoms with Gasteiger partial charge in [-0.3, -0.25) is 9.20 Å².